The SMILES string of the molecule is c1ccc(-c2cc(-c3ccccc3)cc(-c3ccc(N(c4ccc5c(c4)-c4ccccc4C54c5ccccc5Oc5ccccc54)c4cccc5c4-c4ccccc4C54c5ccccc5Sc5ccccc54)cc3)c2)cc1. The average molecular weight is 998 g/mol. The van der Waals surface area contributed by atoms with E-state index in [0.29, 0.717) is 0 Å². The van der Waals surface area contributed by atoms with Crippen LogP contribution in [0.1, 0.15) is 44.5 Å². The van der Waals surface area contributed by atoms with Gasteiger partial charge in [-0.3, -0.25) is 0 Å². The molecule has 0 saturated heterocycles. The van der Waals surface area contributed by atoms with E-state index in [1.54, 1.807) is 0 Å². The van der Waals surface area contributed by atoms with Gasteiger partial charge in [0.05, 0.1) is 16.5 Å². The van der Waals surface area contributed by atoms with Gasteiger partial charge in [-0.25, -0.2) is 0 Å². The van der Waals surface area contributed by atoms with Crippen molar-refractivity contribution in [2.75, 3.05) is 4.90 Å². The van der Waals surface area contributed by atoms with Crippen molar-refractivity contribution in [3.8, 4) is 67.1 Å². The molecule has 12 aromatic rings. The first-order valence-electron chi connectivity index (χ1n) is 26.6. The molecule has 2 aliphatic carbocycles. The molecule has 0 radical (unpaired) electrons. The standard InChI is InChI=1S/C74H47NOS/c1-3-20-48(21-4-1)51-44-52(49-22-5-2-6-23-49)46-53(45-51)50-38-40-54(41-39-50)75(55-42-43-61-58(47-55)56-24-7-9-26-59(56)73(61)62-28-11-15-34-68(62)76-69-35-16-12-29-63(69)73)67-33-19-32-66-72(67)57-25-8-10-27-60(57)74(66)64-30-13-17-36-70(64)77-71-37-18-14-31-65(71)74/h1-47H. The normalized spacial score (nSPS) is 14.0. The summed E-state index contributed by atoms with van der Waals surface area (Å²) in [6, 6.07) is 106. The summed E-state index contributed by atoms with van der Waals surface area (Å²) in [6.07, 6.45) is 0. The predicted molar refractivity (Wildman–Crippen MR) is 316 cm³/mol. The molecule has 16 rings (SSSR count). The van der Waals surface area contributed by atoms with E-state index in [1.165, 1.54) is 93.2 Å². The lowest BCUT2D eigenvalue weighted by molar-refractivity contribution is 0.436. The number of nitrogens with zero attached hydrogens (tertiary/aromatic N) is 1. The molecule has 0 saturated carbocycles. The Morgan fingerprint density at radius 3 is 1.30 bits per heavy atom. The minimum absolute atomic E-state index is 0.525. The molecule has 2 spiro atoms. The summed E-state index contributed by atoms with van der Waals surface area (Å²) in [4.78, 5) is 5.12. The van der Waals surface area contributed by atoms with Crippen LogP contribution in [0.15, 0.2) is 295 Å². The van der Waals surface area contributed by atoms with Crippen molar-refractivity contribution in [3.63, 3.8) is 0 Å². The van der Waals surface area contributed by atoms with Gasteiger partial charge in [0.25, 0.3) is 0 Å². The second-order valence-electron chi connectivity index (χ2n) is 20.6. The Labute approximate surface area is 453 Å². The first-order valence-corrected chi connectivity index (χ1v) is 27.4. The topological polar surface area (TPSA) is 12.5 Å². The van der Waals surface area contributed by atoms with Crippen molar-refractivity contribution in [1.82, 2.24) is 0 Å². The Hall–Kier alpha value is -9.41. The second kappa shape index (κ2) is 17.1. The van der Waals surface area contributed by atoms with E-state index in [-0.39, 0.29) is 0 Å². The highest BCUT2D eigenvalue weighted by Crippen LogP contribution is 2.66. The van der Waals surface area contributed by atoms with Crippen molar-refractivity contribution < 1.29 is 4.74 Å². The quantitative estimate of drug-likeness (QED) is 0.165. The molecule has 360 valence electrons. The average Bonchev–Trinajstić information content (AvgIpc) is 4.14. The van der Waals surface area contributed by atoms with Gasteiger partial charge in [-0.05, 0) is 156 Å². The number of ether oxygens (including phenoxy) is 1. The monoisotopic (exact) mass is 997 g/mol. The van der Waals surface area contributed by atoms with E-state index in [9.17, 15) is 0 Å². The molecule has 2 nitrogen and oxygen atoms in total. The zero-order valence-corrected chi connectivity index (χ0v) is 42.7. The Balaban J connectivity index is 0.940. The molecule has 0 N–H and O–H groups in total. The zero-order chi connectivity index (χ0) is 50.7. The number of fused-ring (bicyclic) bond motifs is 18. The molecule has 0 aromatic heterocycles. The van der Waals surface area contributed by atoms with Crippen LogP contribution in [0.3, 0.4) is 0 Å². The minimum atomic E-state index is -0.575. The van der Waals surface area contributed by atoms with Crippen LogP contribution in [-0.2, 0) is 10.8 Å². The van der Waals surface area contributed by atoms with E-state index >= 15 is 0 Å². The first kappa shape index (κ1) is 43.9. The van der Waals surface area contributed by atoms with Crippen LogP contribution >= 0.6 is 11.8 Å². The fourth-order valence-corrected chi connectivity index (χ4v) is 14.9. The highest BCUT2D eigenvalue weighted by atomic mass is 32.2. The smallest absolute Gasteiger partial charge is 0.132 e. The fourth-order valence-electron chi connectivity index (χ4n) is 13.7. The molecule has 4 aliphatic rings. The molecule has 0 fully saturated rings. The highest BCUT2D eigenvalue weighted by molar-refractivity contribution is 7.99. The number of hydrogen-bond donors (Lipinski definition) is 0. The maximum absolute atomic E-state index is 6.72. The van der Waals surface area contributed by atoms with Gasteiger partial charge < -0.3 is 9.64 Å². The lowest BCUT2D eigenvalue weighted by Gasteiger charge is -2.40. The van der Waals surface area contributed by atoms with Gasteiger partial charge in [-0.15, -0.1) is 0 Å². The molecule has 77 heavy (non-hydrogen) atoms. The molecule has 2 aliphatic heterocycles. The molecule has 12 aromatic carbocycles. The summed E-state index contributed by atoms with van der Waals surface area (Å²) in [7, 11) is 0. The summed E-state index contributed by atoms with van der Waals surface area (Å²) in [5.41, 5.74) is 24.3. The van der Waals surface area contributed by atoms with E-state index in [2.05, 4.69) is 290 Å². The third-order valence-electron chi connectivity index (χ3n) is 16.8. The summed E-state index contributed by atoms with van der Waals surface area (Å²) < 4.78 is 6.72. The largest absolute Gasteiger partial charge is 0.457 e. The molecule has 0 unspecified atom stereocenters. The molecule has 3 heteroatoms. The van der Waals surface area contributed by atoms with E-state index in [1.807, 2.05) is 11.8 Å². The summed E-state index contributed by atoms with van der Waals surface area (Å²) >= 11 is 1.88. The van der Waals surface area contributed by atoms with Crippen LogP contribution in [-0.4, -0.2) is 0 Å². The predicted octanol–water partition coefficient (Wildman–Crippen LogP) is 19.5. The van der Waals surface area contributed by atoms with Crippen LogP contribution in [0.25, 0.3) is 55.6 Å². The van der Waals surface area contributed by atoms with Gasteiger partial charge in [0.1, 0.15) is 11.5 Å². The molecule has 0 bridgehead atoms. The Kier molecular flexibility index (Phi) is 9.73. The Morgan fingerprint density at radius 1 is 0.273 bits per heavy atom. The molecular formula is C74H47NOS. The van der Waals surface area contributed by atoms with Crippen molar-refractivity contribution in [2.45, 2.75) is 20.6 Å². The van der Waals surface area contributed by atoms with Crippen molar-refractivity contribution in [1.29, 1.82) is 0 Å². The van der Waals surface area contributed by atoms with Crippen LogP contribution < -0.4 is 9.64 Å². The zero-order valence-electron chi connectivity index (χ0n) is 41.9. The lowest BCUT2D eigenvalue weighted by atomic mass is 9.66. The van der Waals surface area contributed by atoms with Crippen molar-refractivity contribution in [2.24, 2.45) is 0 Å². The third kappa shape index (κ3) is 6.32. The van der Waals surface area contributed by atoms with Gasteiger partial charge in [0, 0.05) is 37.9 Å². The van der Waals surface area contributed by atoms with E-state index < -0.39 is 10.8 Å². The molecule has 0 amide bonds. The Morgan fingerprint density at radius 2 is 0.701 bits per heavy atom. The third-order valence-corrected chi connectivity index (χ3v) is 17.9. The van der Waals surface area contributed by atoms with Gasteiger partial charge in [-0.1, -0.05) is 224 Å². The van der Waals surface area contributed by atoms with Crippen LogP contribution in [0.2, 0.25) is 0 Å². The minimum Gasteiger partial charge on any atom is -0.457 e. The van der Waals surface area contributed by atoms with Crippen molar-refractivity contribution >= 4 is 28.8 Å². The fraction of sp³-hybridized carbons (Fsp3) is 0.0270. The van der Waals surface area contributed by atoms with E-state index in [0.717, 1.165) is 45.3 Å². The molecule has 2 heterocycles. The van der Waals surface area contributed by atoms with Gasteiger partial charge in [-0.2, -0.15) is 0 Å². The maximum Gasteiger partial charge on any atom is 0.132 e. The van der Waals surface area contributed by atoms with Gasteiger partial charge in [0.2, 0.25) is 0 Å². The van der Waals surface area contributed by atoms with Crippen LogP contribution in [0.4, 0.5) is 17.1 Å². The van der Waals surface area contributed by atoms with Crippen LogP contribution in [0.5, 0.6) is 11.5 Å². The van der Waals surface area contributed by atoms with Crippen LogP contribution in [0, 0.1) is 0 Å². The van der Waals surface area contributed by atoms with Gasteiger partial charge >= 0.3 is 0 Å². The summed E-state index contributed by atoms with van der Waals surface area (Å²) in [5.74, 6) is 1.78. The number of para-hydroxylation sites is 2. The van der Waals surface area contributed by atoms with E-state index in [4.69, 9.17) is 4.74 Å². The maximum atomic E-state index is 6.72. The van der Waals surface area contributed by atoms with Crippen molar-refractivity contribution in [3.05, 3.63) is 330 Å². The lowest BCUT2D eigenvalue weighted by Crippen LogP contribution is -2.32. The highest BCUT2D eigenvalue weighted by Gasteiger charge is 2.53. The molecular weight excluding hydrogens is 951 g/mol. The summed E-state index contributed by atoms with van der Waals surface area (Å²) in [6.45, 7) is 0. The number of anilines is 3. The number of hydrogen-bond acceptors (Lipinski definition) is 3. The second-order valence-corrected chi connectivity index (χ2v) is 21.7. The number of rotatable bonds is 6. The first-order chi connectivity index (χ1) is 38.2. The molecule has 0 atom stereocenters. The Bertz CT molecular complexity index is 4200. The summed E-state index contributed by atoms with van der Waals surface area (Å²) in [5, 5.41) is 0. The number of benzene rings is 12. The van der Waals surface area contributed by atoms with Gasteiger partial charge in [0.15, 0.2) is 0 Å².